The van der Waals surface area contributed by atoms with Gasteiger partial charge in [0.15, 0.2) is 34.9 Å². The van der Waals surface area contributed by atoms with Gasteiger partial charge in [-0.1, -0.05) is 283 Å². The van der Waals surface area contributed by atoms with Gasteiger partial charge in [0, 0.05) is 60.1 Å². The van der Waals surface area contributed by atoms with Gasteiger partial charge < -0.3 is 18.8 Å². The van der Waals surface area contributed by atoms with Crippen LogP contribution in [0, 0.1) is 22.7 Å². The molecule has 1 fully saturated rings. The lowest BCUT2D eigenvalue weighted by molar-refractivity contribution is 0.00578. The minimum Gasteiger partial charge on any atom is -0.457 e. The zero-order valence-electron chi connectivity index (χ0n) is 62.5. The molecule has 12 nitrogen and oxygen atoms in total. The summed E-state index contributed by atoms with van der Waals surface area (Å²) < 4.78 is 26.7. The van der Waals surface area contributed by atoms with Gasteiger partial charge in [-0.2, -0.15) is 10.5 Å². The van der Waals surface area contributed by atoms with Crippen LogP contribution in [0.4, 0.5) is 0 Å². The largest absolute Gasteiger partial charge is 0.494 e. The normalized spacial score (nSPS) is 14.3. The van der Waals surface area contributed by atoms with E-state index in [2.05, 4.69) is 182 Å². The Labute approximate surface area is 669 Å². The molecular formula is C100H68BBrN8O4. The molecule has 21 rings (SSSR count). The van der Waals surface area contributed by atoms with Gasteiger partial charge in [0.1, 0.15) is 23.0 Å². The quantitative estimate of drug-likeness (QED) is 0.133. The molecule has 542 valence electrons. The molecule has 2 aliphatic carbocycles. The molecule has 0 amide bonds. The summed E-state index contributed by atoms with van der Waals surface area (Å²) in [5, 5.41) is 19.8. The Balaban J connectivity index is 0.000000123. The van der Waals surface area contributed by atoms with Gasteiger partial charge in [0.05, 0.1) is 45.3 Å². The average molecular weight is 1540 g/mol. The third-order valence-corrected chi connectivity index (χ3v) is 23.1. The van der Waals surface area contributed by atoms with E-state index in [1.54, 1.807) is 0 Å². The Morgan fingerprint density at radius 2 is 0.570 bits per heavy atom. The van der Waals surface area contributed by atoms with Gasteiger partial charge in [-0.15, -0.1) is 0 Å². The highest BCUT2D eigenvalue weighted by Crippen LogP contribution is 2.64. The van der Waals surface area contributed by atoms with Crippen molar-refractivity contribution in [3.8, 4) is 137 Å². The van der Waals surface area contributed by atoms with Crippen LogP contribution >= 0.6 is 15.9 Å². The summed E-state index contributed by atoms with van der Waals surface area (Å²) in [6.07, 6.45) is 0. The minimum atomic E-state index is -0.600. The first kappa shape index (κ1) is 70.5. The summed E-state index contributed by atoms with van der Waals surface area (Å²) in [7, 11) is -0.469. The maximum absolute atomic E-state index is 10.0. The molecule has 5 heterocycles. The van der Waals surface area contributed by atoms with E-state index in [1.807, 2.05) is 218 Å². The van der Waals surface area contributed by atoms with E-state index in [1.165, 1.54) is 5.56 Å². The number of aromatic nitrogens is 6. The number of rotatable bonds is 8. The second kappa shape index (κ2) is 28.5. The number of hydrogen-bond acceptors (Lipinski definition) is 12. The maximum Gasteiger partial charge on any atom is 0.494 e. The monoisotopic (exact) mass is 1530 g/mol. The number of hydrogen-bond donors (Lipinski definition) is 0. The molecular weight excluding hydrogens is 1470 g/mol. The lowest BCUT2D eigenvalue weighted by atomic mass is 9.65. The van der Waals surface area contributed by atoms with Gasteiger partial charge in [0.2, 0.25) is 0 Å². The number of halogens is 1. The lowest BCUT2D eigenvalue weighted by Crippen LogP contribution is -2.41. The van der Waals surface area contributed by atoms with E-state index in [0.29, 0.717) is 46.1 Å². The van der Waals surface area contributed by atoms with Crippen LogP contribution in [-0.4, -0.2) is 48.2 Å². The maximum atomic E-state index is 10.0. The molecule has 114 heavy (non-hydrogen) atoms. The van der Waals surface area contributed by atoms with E-state index < -0.39 is 29.2 Å². The second-order valence-electron chi connectivity index (χ2n) is 29.8. The first-order chi connectivity index (χ1) is 55.8. The zero-order chi connectivity index (χ0) is 77.3. The molecule has 1 saturated heterocycles. The summed E-state index contributed by atoms with van der Waals surface area (Å²) in [6.45, 7) is 8.28. The van der Waals surface area contributed by atoms with Gasteiger partial charge in [-0.3, -0.25) is 0 Å². The van der Waals surface area contributed by atoms with Crippen molar-refractivity contribution in [1.29, 1.82) is 10.5 Å². The minimum absolute atomic E-state index is 0.428. The summed E-state index contributed by atoms with van der Waals surface area (Å²) in [5.74, 6) is 7.22. The Bertz CT molecular complexity index is 6370. The summed E-state index contributed by atoms with van der Waals surface area (Å²) in [6, 6.07) is 120. The summed E-state index contributed by atoms with van der Waals surface area (Å²) >= 11 is 3.52. The van der Waals surface area contributed by atoms with Crippen molar-refractivity contribution < 1.29 is 18.8 Å². The molecule has 0 radical (unpaired) electrons. The van der Waals surface area contributed by atoms with E-state index in [9.17, 15) is 10.5 Å². The molecule has 0 bridgehead atoms. The smallest absolute Gasteiger partial charge is 0.457 e. The number of benzene rings is 14. The molecule has 14 aromatic carbocycles. The number of fused-ring (bicyclic) bond motifs is 18. The first-order valence-corrected chi connectivity index (χ1v) is 38.6. The molecule has 3 aliphatic heterocycles. The van der Waals surface area contributed by atoms with Crippen molar-refractivity contribution in [1.82, 2.24) is 29.9 Å². The van der Waals surface area contributed by atoms with E-state index >= 15 is 0 Å². The van der Waals surface area contributed by atoms with Crippen molar-refractivity contribution >= 4 is 28.5 Å². The fourth-order valence-electron chi connectivity index (χ4n) is 16.6. The van der Waals surface area contributed by atoms with E-state index in [4.69, 9.17) is 43.7 Å². The highest BCUT2D eigenvalue weighted by atomic mass is 79.9. The molecule has 0 unspecified atom stereocenters. The predicted molar refractivity (Wildman–Crippen MR) is 452 cm³/mol. The predicted octanol–water partition coefficient (Wildman–Crippen LogP) is 22.8. The Kier molecular flexibility index (Phi) is 17.6. The van der Waals surface area contributed by atoms with Crippen LogP contribution in [0.2, 0.25) is 0 Å². The van der Waals surface area contributed by atoms with Crippen LogP contribution in [0.1, 0.15) is 83.3 Å². The van der Waals surface area contributed by atoms with Crippen LogP contribution < -0.4 is 14.9 Å². The Morgan fingerprint density at radius 3 is 0.956 bits per heavy atom. The number of ether oxygens (including phenoxy) is 2. The molecule has 2 spiro atoms. The van der Waals surface area contributed by atoms with E-state index in [0.717, 1.165) is 139 Å². The highest BCUT2D eigenvalue weighted by Gasteiger charge is 2.55. The fraction of sp³-hybridized carbons (Fsp3) is 0.0800. The van der Waals surface area contributed by atoms with Crippen molar-refractivity contribution in [3.05, 3.63) is 400 Å². The highest BCUT2D eigenvalue weighted by molar-refractivity contribution is 9.10. The number of nitrogens with zero attached hydrogens (tertiary/aromatic N) is 8. The van der Waals surface area contributed by atoms with Gasteiger partial charge in [0.25, 0.3) is 0 Å². The van der Waals surface area contributed by atoms with Crippen molar-refractivity contribution in [2.75, 3.05) is 0 Å². The van der Waals surface area contributed by atoms with E-state index in [-0.39, 0.29) is 0 Å². The van der Waals surface area contributed by atoms with Crippen LogP contribution in [-0.2, 0) is 20.1 Å². The van der Waals surface area contributed by atoms with Crippen LogP contribution in [0.3, 0.4) is 0 Å². The third-order valence-electron chi connectivity index (χ3n) is 22.6. The average Bonchev–Trinajstić information content (AvgIpc) is 1.51. The van der Waals surface area contributed by atoms with Crippen LogP contribution in [0.15, 0.2) is 344 Å². The Hall–Kier alpha value is -13.9. The van der Waals surface area contributed by atoms with Gasteiger partial charge >= 0.3 is 7.12 Å². The van der Waals surface area contributed by atoms with Gasteiger partial charge in [-0.25, -0.2) is 29.9 Å². The zero-order valence-corrected chi connectivity index (χ0v) is 64.1. The Morgan fingerprint density at radius 1 is 0.272 bits per heavy atom. The molecule has 0 N–H and O–H groups in total. The number of nitriles is 2. The molecule has 0 saturated carbocycles. The topological polar surface area (TPSA) is 162 Å². The molecule has 16 aromatic rings. The summed E-state index contributed by atoms with van der Waals surface area (Å²) in [5.41, 5.74) is 21.2. The van der Waals surface area contributed by atoms with Crippen molar-refractivity contribution in [2.45, 2.75) is 49.7 Å². The first-order valence-electron chi connectivity index (χ1n) is 37.9. The van der Waals surface area contributed by atoms with Crippen LogP contribution in [0.25, 0.3) is 102 Å². The third kappa shape index (κ3) is 12.1. The molecule has 5 aliphatic rings. The van der Waals surface area contributed by atoms with Crippen molar-refractivity contribution in [2.24, 2.45) is 0 Å². The molecule has 14 heteroatoms. The summed E-state index contributed by atoms with van der Waals surface area (Å²) in [4.78, 5) is 28.9. The second-order valence-corrected chi connectivity index (χ2v) is 30.7. The standard InChI is InChI=1S/C47H28N4O.C32H26BNO3.C21H14BrN3/c48-29-30-22-24-38-36(26-30)37-28-34(23-25-39(37)47(38)40-18-7-9-20-42(40)52-43-21-10-8-19-41(43)47)33-16-11-17-35(27-33)46-50-44(31-12-3-1-4-13-31)49-45(51-46)32-14-5-2-6-15-32;1-30(2)31(3,4)37-33(36-30)21-14-16-25-23(18-21)22-17-20(19-34)13-15-24(22)32(25)26-9-5-7-11-28(26)35-29-12-8-6-10-27(29)32;22-18-13-7-12-17(14-18)21-24-19(15-8-3-1-4-9-15)23-20(25-21)16-10-5-2-6-11-16/h1-28H;5-18H,1-4H3;1-14H. The lowest BCUT2D eigenvalue weighted by Gasteiger charge is -2.39. The van der Waals surface area contributed by atoms with Crippen LogP contribution in [0.5, 0.6) is 23.0 Å². The number of para-hydroxylation sites is 4. The SMILES string of the molecule is Brc1cccc(-c2nc(-c3ccccc3)nc(-c3ccccc3)n2)c1.CC1(C)OB(c2ccc3c(c2)-c2cc(C#N)ccc2C32c3ccccc3Oc3ccccc32)OC1(C)C.N#Cc1ccc2c(c1)-c1cc(-c3cccc(-c4nc(-c5ccccc5)nc(-c5ccccc5)n4)c3)ccc1C21c2ccccc2Oc2ccccc21. The van der Waals surface area contributed by atoms with Gasteiger partial charge in [-0.05, 0) is 162 Å². The molecule has 2 aromatic heterocycles. The molecule has 0 atom stereocenters. The fourth-order valence-corrected chi connectivity index (χ4v) is 17.0. The van der Waals surface area contributed by atoms with Crippen molar-refractivity contribution in [3.63, 3.8) is 0 Å².